The molecule has 7 heteroatoms. The Labute approximate surface area is 181 Å². The molecule has 0 fully saturated rings. The van der Waals surface area contributed by atoms with Crippen molar-refractivity contribution in [1.29, 1.82) is 0 Å². The van der Waals surface area contributed by atoms with Gasteiger partial charge in [0.25, 0.3) is 15.9 Å². The van der Waals surface area contributed by atoms with Crippen molar-refractivity contribution in [2.75, 3.05) is 11.4 Å². The summed E-state index contributed by atoms with van der Waals surface area (Å²) in [5.41, 5.74) is 1.80. The van der Waals surface area contributed by atoms with Crippen LogP contribution in [-0.2, 0) is 14.8 Å². The normalized spacial score (nSPS) is 11.4. The Morgan fingerprint density at radius 1 is 1.00 bits per heavy atom. The predicted octanol–water partition coefficient (Wildman–Crippen LogP) is 5.09. The van der Waals surface area contributed by atoms with Gasteiger partial charge in [-0.25, -0.2) is 8.42 Å². The van der Waals surface area contributed by atoms with Crippen LogP contribution in [0.5, 0.6) is 5.75 Å². The summed E-state index contributed by atoms with van der Waals surface area (Å²) in [5, 5.41) is 0.517. The number of methoxy groups -OCH3 is 1. The van der Waals surface area contributed by atoms with Crippen molar-refractivity contribution >= 4 is 39.3 Å². The minimum absolute atomic E-state index is 0.0217. The van der Waals surface area contributed by atoms with Crippen LogP contribution in [-0.4, -0.2) is 21.4 Å². The zero-order valence-corrected chi connectivity index (χ0v) is 18.0. The van der Waals surface area contributed by atoms with Gasteiger partial charge < -0.3 is 4.74 Å². The van der Waals surface area contributed by atoms with Gasteiger partial charge in [0.2, 0.25) is 0 Å². The Hall–Kier alpha value is -3.09. The van der Waals surface area contributed by atoms with Crippen LogP contribution in [0, 0.1) is 6.92 Å². The topological polar surface area (TPSA) is 63.7 Å². The van der Waals surface area contributed by atoms with Crippen molar-refractivity contribution in [1.82, 2.24) is 0 Å². The van der Waals surface area contributed by atoms with Gasteiger partial charge in [0, 0.05) is 11.1 Å². The Kier molecular flexibility index (Phi) is 6.59. The zero-order chi connectivity index (χ0) is 21.7. The Morgan fingerprint density at radius 3 is 2.27 bits per heavy atom. The fourth-order valence-corrected chi connectivity index (χ4v) is 4.35. The van der Waals surface area contributed by atoms with Gasteiger partial charge in [-0.1, -0.05) is 41.4 Å². The number of nitrogens with zero attached hydrogens (tertiary/aromatic N) is 1. The van der Waals surface area contributed by atoms with Gasteiger partial charge in [0.05, 0.1) is 17.7 Å². The fourth-order valence-electron chi connectivity index (χ4n) is 2.76. The first-order chi connectivity index (χ1) is 14.3. The first-order valence-electron chi connectivity index (χ1n) is 9.05. The SMILES string of the molecule is COc1ccc(N(C(=O)/C=C/c2cccc(Cl)c2)S(=O)(=O)c2ccc(C)cc2)cc1. The highest BCUT2D eigenvalue weighted by Crippen LogP contribution is 2.27. The van der Waals surface area contributed by atoms with Crippen LogP contribution in [0.3, 0.4) is 0 Å². The lowest BCUT2D eigenvalue weighted by Crippen LogP contribution is -2.35. The maximum Gasteiger partial charge on any atom is 0.271 e. The van der Waals surface area contributed by atoms with Crippen molar-refractivity contribution in [3.63, 3.8) is 0 Å². The fraction of sp³-hybridized carbons (Fsp3) is 0.0870. The summed E-state index contributed by atoms with van der Waals surface area (Å²) in [4.78, 5) is 13.1. The van der Waals surface area contributed by atoms with Crippen LogP contribution in [0.25, 0.3) is 6.08 Å². The molecule has 3 rings (SSSR count). The molecule has 0 unspecified atom stereocenters. The second kappa shape index (κ2) is 9.15. The molecule has 0 radical (unpaired) electrons. The molecule has 0 saturated heterocycles. The highest BCUT2D eigenvalue weighted by Gasteiger charge is 2.29. The summed E-state index contributed by atoms with van der Waals surface area (Å²) in [6.45, 7) is 1.86. The number of rotatable bonds is 6. The van der Waals surface area contributed by atoms with E-state index in [9.17, 15) is 13.2 Å². The molecule has 3 aromatic carbocycles. The summed E-state index contributed by atoms with van der Waals surface area (Å²) >= 11 is 5.98. The van der Waals surface area contributed by atoms with Crippen LogP contribution >= 0.6 is 11.6 Å². The number of benzene rings is 3. The van der Waals surface area contributed by atoms with Crippen LogP contribution < -0.4 is 9.04 Å². The molecule has 5 nitrogen and oxygen atoms in total. The molecule has 0 aliphatic rings. The van der Waals surface area contributed by atoms with Crippen LogP contribution in [0.2, 0.25) is 5.02 Å². The number of anilines is 1. The summed E-state index contributed by atoms with van der Waals surface area (Å²) < 4.78 is 32.6. The maximum atomic E-state index is 13.3. The number of hydrogen-bond donors (Lipinski definition) is 0. The largest absolute Gasteiger partial charge is 0.497 e. The predicted molar refractivity (Wildman–Crippen MR) is 119 cm³/mol. The van der Waals surface area contributed by atoms with E-state index >= 15 is 0 Å². The molecule has 0 spiro atoms. The van der Waals surface area contributed by atoms with E-state index in [1.54, 1.807) is 48.5 Å². The lowest BCUT2D eigenvalue weighted by molar-refractivity contribution is -0.113. The second-order valence-corrected chi connectivity index (χ2v) is 8.73. The van der Waals surface area contributed by atoms with E-state index in [1.807, 2.05) is 6.92 Å². The van der Waals surface area contributed by atoms with Gasteiger partial charge in [0.1, 0.15) is 5.75 Å². The highest BCUT2D eigenvalue weighted by atomic mass is 35.5. The first-order valence-corrected chi connectivity index (χ1v) is 10.9. The zero-order valence-electron chi connectivity index (χ0n) is 16.4. The number of ether oxygens (including phenoxy) is 1. The van der Waals surface area contributed by atoms with E-state index < -0.39 is 15.9 Å². The molecule has 3 aromatic rings. The minimum atomic E-state index is -4.14. The quantitative estimate of drug-likeness (QED) is 0.499. The molecule has 0 N–H and O–H groups in total. The Balaban J connectivity index is 2.04. The summed E-state index contributed by atoms with van der Waals surface area (Å²) in [7, 11) is -2.63. The van der Waals surface area contributed by atoms with E-state index in [0.717, 1.165) is 9.87 Å². The van der Waals surface area contributed by atoms with Gasteiger partial charge in [-0.05, 0) is 67.1 Å². The van der Waals surface area contributed by atoms with Crippen LogP contribution in [0.1, 0.15) is 11.1 Å². The molecule has 1 amide bonds. The number of hydrogen-bond acceptors (Lipinski definition) is 4. The van der Waals surface area contributed by atoms with E-state index in [1.165, 1.54) is 43.5 Å². The molecule has 0 aromatic heterocycles. The number of carbonyl (C=O) groups excluding carboxylic acids is 1. The second-order valence-electron chi connectivity index (χ2n) is 6.51. The van der Waals surface area contributed by atoms with Crippen molar-refractivity contribution in [2.24, 2.45) is 0 Å². The molecular formula is C23H20ClNO4S. The van der Waals surface area contributed by atoms with Gasteiger partial charge in [0.15, 0.2) is 0 Å². The van der Waals surface area contributed by atoms with E-state index in [0.29, 0.717) is 16.3 Å². The molecule has 154 valence electrons. The van der Waals surface area contributed by atoms with Crippen molar-refractivity contribution < 1.29 is 17.9 Å². The molecule has 0 heterocycles. The van der Waals surface area contributed by atoms with Gasteiger partial charge in [-0.2, -0.15) is 4.31 Å². The van der Waals surface area contributed by atoms with Gasteiger partial charge in [-0.15, -0.1) is 0 Å². The van der Waals surface area contributed by atoms with Crippen molar-refractivity contribution in [2.45, 2.75) is 11.8 Å². The number of sulfonamides is 1. The highest BCUT2D eigenvalue weighted by molar-refractivity contribution is 7.93. The first kappa shape index (κ1) is 21.6. The summed E-state index contributed by atoms with van der Waals surface area (Å²) in [5.74, 6) is -0.158. The van der Waals surface area contributed by atoms with Crippen LogP contribution in [0.15, 0.2) is 83.8 Å². The molecular weight excluding hydrogens is 422 g/mol. The lowest BCUT2D eigenvalue weighted by atomic mass is 10.2. The lowest BCUT2D eigenvalue weighted by Gasteiger charge is -2.21. The molecule has 0 saturated carbocycles. The number of halogens is 1. The summed E-state index contributed by atoms with van der Waals surface area (Å²) in [6.07, 6.45) is 2.73. The third kappa shape index (κ3) is 4.90. The number of amides is 1. The van der Waals surface area contributed by atoms with E-state index in [2.05, 4.69) is 0 Å². The van der Waals surface area contributed by atoms with E-state index in [-0.39, 0.29) is 10.6 Å². The molecule has 0 aliphatic carbocycles. The Bertz CT molecular complexity index is 1170. The third-order valence-corrected chi connectivity index (χ3v) is 6.31. The maximum absolute atomic E-state index is 13.3. The average molecular weight is 442 g/mol. The van der Waals surface area contributed by atoms with Crippen molar-refractivity contribution in [3.8, 4) is 5.75 Å². The smallest absolute Gasteiger partial charge is 0.271 e. The van der Waals surface area contributed by atoms with Gasteiger partial charge >= 0.3 is 0 Å². The molecule has 0 bridgehead atoms. The summed E-state index contributed by atoms with van der Waals surface area (Å²) in [6, 6.07) is 19.5. The number of aryl methyl sites for hydroxylation is 1. The van der Waals surface area contributed by atoms with E-state index in [4.69, 9.17) is 16.3 Å². The molecule has 0 atom stereocenters. The van der Waals surface area contributed by atoms with Crippen LogP contribution in [0.4, 0.5) is 5.69 Å². The van der Waals surface area contributed by atoms with Gasteiger partial charge in [-0.3, -0.25) is 4.79 Å². The molecule has 0 aliphatic heterocycles. The minimum Gasteiger partial charge on any atom is -0.497 e. The number of carbonyl (C=O) groups is 1. The van der Waals surface area contributed by atoms with Crippen molar-refractivity contribution in [3.05, 3.63) is 95.0 Å². The Morgan fingerprint density at radius 2 is 1.67 bits per heavy atom. The third-order valence-electron chi connectivity index (χ3n) is 4.33. The monoisotopic (exact) mass is 441 g/mol. The molecule has 30 heavy (non-hydrogen) atoms. The standard InChI is InChI=1S/C23H20ClNO4S/c1-17-6-13-22(14-7-17)30(27,28)25(20-9-11-21(29-2)12-10-20)23(26)15-8-18-4-3-5-19(24)16-18/h3-16H,1-2H3/b15-8+. The average Bonchev–Trinajstić information content (AvgIpc) is 2.73.